The molecule has 1 aliphatic rings. The minimum absolute atomic E-state index is 0.0391. The molecule has 0 aromatic heterocycles. The number of ether oxygens (including phenoxy) is 1. The van der Waals surface area contributed by atoms with Gasteiger partial charge in [-0.2, -0.15) is 0 Å². The van der Waals surface area contributed by atoms with Crippen LogP contribution >= 0.6 is 24.2 Å². The third kappa shape index (κ3) is 3.90. The lowest BCUT2D eigenvalue weighted by atomic mass is 9.81. The first-order valence-electron chi connectivity index (χ1n) is 6.80. The number of esters is 1. The monoisotopic (exact) mass is 298 g/mol. The average Bonchev–Trinajstić information content (AvgIpc) is 2.43. The molecule has 0 amide bonds. The van der Waals surface area contributed by atoms with Crippen molar-refractivity contribution >= 4 is 30.2 Å². The Morgan fingerprint density at radius 2 is 2.05 bits per heavy atom. The summed E-state index contributed by atoms with van der Waals surface area (Å²) in [7, 11) is 0. The van der Waals surface area contributed by atoms with Crippen LogP contribution in [0.2, 0.25) is 5.02 Å². The van der Waals surface area contributed by atoms with E-state index in [4.69, 9.17) is 16.3 Å². The molecule has 0 aliphatic heterocycles. The summed E-state index contributed by atoms with van der Waals surface area (Å²) in [5.41, 5.74) is 0. The van der Waals surface area contributed by atoms with Gasteiger partial charge in [-0.1, -0.05) is 24.9 Å². The Balaban J connectivity index is 1.92. The van der Waals surface area contributed by atoms with E-state index in [1.54, 1.807) is 18.2 Å². The Labute approximate surface area is 124 Å². The molecule has 0 atom stereocenters. The van der Waals surface area contributed by atoms with Crippen molar-refractivity contribution in [3.8, 4) is 5.75 Å². The summed E-state index contributed by atoms with van der Waals surface area (Å²) in [6, 6.07) is 5.10. The van der Waals surface area contributed by atoms with E-state index in [1.165, 1.54) is 6.42 Å². The van der Waals surface area contributed by atoms with Gasteiger partial charge in [-0.05, 0) is 43.7 Å². The Kier molecular flexibility index (Phi) is 5.17. The second-order valence-corrected chi connectivity index (χ2v) is 6.05. The van der Waals surface area contributed by atoms with Crippen molar-refractivity contribution in [2.45, 2.75) is 43.9 Å². The molecule has 0 bridgehead atoms. The van der Waals surface area contributed by atoms with Gasteiger partial charge in [-0.25, -0.2) is 0 Å². The SMILES string of the molecule is CCC1CCC(C(=O)Oc2ccc(S)c(Cl)c2)CC1. The van der Waals surface area contributed by atoms with Crippen molar-refractivity contribution in [2.24, 2.45) is 11.8 Å². The topological polar surface area (TPSA) is 26.3 Å². The van der Waals surface area contributed by atoms with Crippen LogP contribution in [-0.4, -0.2) is 5.97 Å². The second kappa shape index (κ2) is 6.67. The minimum Gasteiger partial charge on any atom is -0.426 e. The van der Waals surface area contributed by atoms with Gasteiger partial charge >= 0.3 is 5.97 Å². The molecule has 2 rings (SSSR count). The number of carbonyl (C=O) groups is 1. The zero-order valence-electron chi connectivity index (χ0n) is 11.1. The fourth-order valence-corrected chi connectivity index (χ4v) is 2.87. The fourth-order valence-electron chi connectivity index (χ4n) is 2.56. The highest BCUT2D eigenvalue weighted by Crippen LogP contribution is 2.32. The van der Waals surface area contributed by atoms with E-state index in [0.29, 0.717) is 15.7 Å². The molecule has 1 saturated carbocycles. The van der Waals surface area contributed by atoms with Crippen molar-refractivity contribution in [1.82, 2.24) is 0 Å². The maximum atomic E-state index is 12.1. The van der Waals surface area contributed by atoms with Gasteiger partial charge in [0.15, 0.2) is 0 Å². The first-order chi connectivity index (χ1) is 9.10. The van der Waals surface area contributed by atoms with Gasteiger partial charge in [0.05, 0.1) is 10.9 Å². The standard InChI is InChI=1S/C15H19ClO2S/c1-2-10-3-5-11(6-4-10)15(17)18-12-7-8-14(19)13(16)9-12/h7-11,19H,2-6H2,1H3. The van der Waals surface area contributed by atoms with Crippen molar-refractivity contribution < 1.29 is 9.53 Å². The van der Waals surface area contributed by atoms with Crippen LogP contribution in [0, 0.1) is 11.8 Å². The highest BCUT2D eigenvalue weighted by molar-refractivity contribution is 7.80. The van der Waals surface area contributed by atoms with Gasteiger partial charge in [0.1, 0.15) is 5.75 Å². The zero-order valence-corrected chi connectivity index (χ0v) is 12.7. The molecule has 19 heavy (non-hydrogen) atoms. The molecule has 104 valence electrons. The molecule has 0 heterocycles. The van der Waals surface area contributed by atoms with E-state index in [1.807, 2.05) is 0 Å². The van der Waals surface area contributed by atoms with Crippen molar-refractivity contribution in [3.05, 3.63) is 23.2 Å². The van der Waals surface area contributed by atoms with Crippen LogP contribution < -0.4 is 4.74 Å². The number of benzene rings is 1. The number of hydrogen-bond acceptors (Lipinski definition) is 3. The molecule has 1 fully saturated rings. The Bertz CT molecular complexity index is 453. The van der Waals surface area contributed by atoms with E-state index >= 15 is 0 Å². The first-order valence-corrected chi connectivity index (χ1v) is 7.63. The van der Waals surface area contributed by atoms with Gasteiger partial charge in [-0.3, -0.25) is 4.79 Å². The van der Waals surface area contributed by atoms with E-state index in [-0.39, 0.29) is 11.9 Å². The number of rotatable bonds is 3. The van der Waals surface area contributed by atoms with Crippen LogP contribution in [0.1, 0.15) is 39.0 Å². The van der Waals surface area contributed by atoms with E-state index in [9.17, 15) is 4.79 Å². The van der Waals surface area contributed by atoms with Gasteiger partial charge in [0.25, 0.3) is 0 Å². The third-order valence-corrected chi connectivity index (χ3v) is 4.73. The van der Waals surface area contributed by atoms with Gasteiger partial charge in [0, 0.05) is 11.0 Å². The Morgan fingerprint density at radius 1 is 1.37 bits per heavy atom. The average molecular weight is 299 g/mol. The molecule has 0 spiro atoms. The fraction of sp³-hybridized carbons (Fsp3) is 0.533. The van der Waals surface area contributed by atoms with Gasteiger partial charge in [-0.15, -0.1) is 12.6 Å². The molecular formula is C15H19ClO2S. The van der Waals surface area contributed by atoms with E-state index in [0.717, 1.165) is 31.6 Å². The number of thiol groups is 1. The maximum absolute atomic E-state index is 12.1. The predicted octanol–water partition coefficient (Wildman–Crippen LogP) is 4.75. The molecule has 0 saturated heterocycles. The number of carbonyl (C=O) groups excluding carboxylic acids is 1. The van der Waals surface area contributed by atoms with Crippen LogP contribution in [0.5, 0.6) is 5.75 Å². The van der Waals surface area contributed by atoms with Crippen LogP contribution in [0.4, 0.5) is 0 Å². The molecule has 1 aromatic carbocycles. The molecule has 1 aliphatic carbocycles. The zero-order chi connectivity index (χ0) is 13.8. The minimum atomic E-state index is -0.127. The van der Waals surface area contributed by atoms with Gasteiger partial charge in [0.2, 0.25) is 0 Å². The first kappa shape index (κ1) is 14.7. The number of halogens is 1. The quantitative estimate of drug-likeness (QED) is 0.495. The van der Waals surface area contributed by atoms with Crippen LogP contribution in [0.15, 0.2) is 23.1 Å². The maximum Gasteiger partial charge on any atom is 0.314 e. The Morgan fingerprint density at radius 3 is 2.63 bits per heavy atom. The summed E-state index contributed by atoms with van der Waals surface area (Å²) in [5, 5.41) is 0.503. The largest absolute Gasteiger partial charge is 0.426 e. The summed E-state index contributed by atoms with van der Waals surface area (Å²) >= 11 is 10.1. The van der Waals surface area contributed by atoms with Gasteiger partial charge < -0.3 is 4.74 Å². The molecular weight excluding hydrogens is 280 g/mol. The van der Waals surface area contributed by atoms with Crippen LogP contribution in [0.3, 0.4) is 0 Å². The molecule has 0 unspecified atom stereocenters. The van der Waals surface area contributed by atoms with Crippen LogP contribution in [0.25, 0.3) is 0 Å². The number of hydrogen-bond donors (Lipinski definition) is 1. The molecule has 0 N–H and O–H groups in total. The highest BCUT2D eigenvalue weighted by atomic mass is 35.5. The second-order valence-electron chi connectivity index (χ2n) is 5.16. The van der Waals surface area contributed by atoms with Crippen molar-refractivity contribution in [3.63, 3.8) is 0 Å². The molecule has 2 nitrogen and oxygen atoms in total. The third-order valence-electron chi connectivity index (χ3n) is 3.90. The molecule has 0 radical (unpaired) electrons. The smallest absolute Gasteiger partial charge is 0.314 e. The lowest BCUT2D eigenvalue weighted by Crippen LogP contribution is -2.25. The summed E-state index contributed by atoms with van der Waals surface area (Å²) in [5.74, 6) is 1.20. The van der Waals surface area contributed by atoms with Crippen molar-refractivity contribution in [1.29, 1.82) is 0 Å². The normalized spacial score (nSPS) is 23.1. The summed E-state index contributed by atoms with van der Waals surface area (Å²) in [4.78, 5) is 12.8. The van der Waals surface area contributed by atoms with E-state index in [2.05, 4.69) is 19.6 Å². The van der Waals surface area contributed by atoms with Crippen LogP contribution in [-0.2, 0) is 4.79 Å². The summed E-state index contributed by atoms with van der Waals surface area (Å²) in [6.07, 6.45) is 5.35. The summed E-state index contributed by atoms with van der Waals surface area (Å²) < 4.78 is 5.40. The molecule has 1 aromatic rings. The lowest BCUT2D eigenvalue weighted by Gasteiger charge is -2.26. The molecule has 4 heteroatoms. The van der Waals surface area contributed by atoms with Crippen molar-refractivity contribution in [2.75, 3.05) is 0 Å². The lowest BCUT2D eigenvalue weighted by molar-refractivity contribution is -0.140. The Hall–Kier alpha value is -0.670. The highest BCUT2D eigenvalue weighted by Gasteiger charge is 2.27. The predicted molar refractivity (Wildman–Crippen MR) is 80.1 cm³/mol. The summed E-state index contributed by atoms with van der Waals surface area (Å²) in [6.45, 7) is 2.21. The van der Waals surface area contributed by atoms with E-state index < -0.39 is 0 Å².